The number of carboxylic acid groups (broad SMARTS) is 1. The molecule has 30 heavy (non-hydrogen) atoms. The third kappa shape index (κ3) is 6.60. The molecular formula is C20H36N4O5S. The smallest absolute Gasteiger partial charge is 0.326 e. The summed E-state index contributed by atoms with van der Waals surface area (Å²) < 4.78 is 0. The fourth-order valence-corrected chi connectivity index (χ4v) is 3.63. The minimum absolute atomic E-state index is 0.174. The maximum absolute atomic E-state index is 13.0. The van der Waals surface area contributed by atoms with Crippen LogP contribution in [0, 0.1) is 11.8 Å². The molecule has 0 spiro atoms. The molecule has 0 aromatic rings. The zero-order chi connectivity index (χ0) is 23.0. The molecule has 0 bridgehead atoms. The van der Waals surface area contributed by atoms with Gasteiger partial charge in [-0.05, 0) is 24.7 Å². The summed E-state index contributed by atoms with van der Waals surface area (Å²) in [6.07, 6.45) is 2.34. The highest BCUT2D eigenvalue weighted by molar-refractivity contribution is 7.80. The second-order valence-electron chi connectivity index (χ2n) is 8.06. The Morgan fingerprint density at radius 3 is 2.17 bits per heavy atom. The lowest BCUT2D eigenvalue weighted by molar-refractivity contribution is -0.144. The highest BCUT2D eigenvalue weighted by atomic mass is 32.1. The maximum atomic E-state index is 13.0. The highest BCUT2D eigenvalue weighted by Gasteiger charge is 2.38. The molecule has 1 aliphatic heterocycles. The molecule has 0 radical (unpaired) electrons. The van der Waals surface area contributed by atoms with Crippen LogP contribution in [0.15, 0.2) is 0 Å². The van der Waals surface area contributed by atoms with Gasteiger partial charge >= 0.3 is 5.97 Å². The van der Waals surface area contributed by atoms with Crippen LogP contribution in [0.5, 0.6) is 0 Å². The van der Waals surface area contributed by atoms with Crippen molar-refractivity contribution >= 4 is 36.3 Å². The van der Waals surface area contributed by atoms with Crippen LogP contribution in [0.25, 0.3) is 0 Å². The third-order valence-corrected chi connectivity index (χ3v) is 6.32. The molecule has 1 fully saturated rings. The summed E-state index contributed by atoms with van der Waals surface area (Å²) in [7, 11) is 0. The van der Waals surface area contributed by atoms with Crippen LogP contribution in [-0.2, 0) is 19.2 Å². The summed E-state index contributed by atoms with van der Waals surface area (Å²) in [6, 6.07) is -3.43. The Hall–Kier alpha value is -1.81. The maximum Gasteiger partial charge on any atom is 0.326 e. The summed E-state index contributed by atoms with van der Waals surface area (Å²) in [5.41, 5.74) is 5.78. The van der Waals surface area contributed by atoms with Gasteiger partial charge in [0.15, 0.2) is 0 Å². The lowest BCUT2D eigenvalue weighted by Crippen LogP contribution is -2.59. The predicted molar refractivity (Wildman–Crippen MR) is 117 cm³/mol. The molecule has 0 aromatic carbocycles. The fraction of sp³-hybridized carbons (Fsp3) is 0.800. The molecule has 9 nitrogen and oxygen atoms in total. The van der Waals surface area contributed by atoms with Gasteiger partial charge in [0.05, 0.1) is 6.04 Å². The first-order valence-electron chi connectivity index (χ1n) is 10.6. The molecular weight excluding hydrogens is 408 g/mol. The van der Waals surface area contributed by atoms with Crippen LogP contribution >= 0.6 is 12.6 Å². The number of carboxylic acids is 1. The number of aliphatic carboxylic acids is 1. The molecule has 10 heteroatoms. The Bertz CT molecular complexity index is 632. The van der Waals surface area contributed by atoms with Crippen molar-refractivity contribution in [3.8, 4) is 0 Å². The van der Waals surface area contributed by atoms with E-state index >= 15 is 0 Å². The van der Waals surface area contributed by atoms with Gasteiger partial charge in [0.1, 0.15) is 18.1 Å². The number of carbonyl (C=O) groups excluding carboxylic acids is 3. The largest absolute Gasteiger partial charge is 0.480 e. The molecule has 6 atom stereocenters. The van der Waals surface area contributed by atoms with Gasteiger partial charge in [-0.15, -0.1) is 0 Å². The number of hydrogen-bond acceptors (Lipinski definition) is 6. The molecule has 1 aliphatic rings. The SMILES string of the molecule is CCC(C)C(NC(=O)C(NC(=O)C1CCCN1C(=O)C(N)CS)C(C)CC)C(=O)O. The number of carbonyl (C=O) groups is 4. The van der Waals surface area contributed by atoms with Crippen LogP contribution in [0.2, 0.25) is 0 Å². The zero-order valence-electron chi connectivity index (χ0n) is 18.3. The first-order chi connectivity index (χ1) is 14.1. The fourth-order valence-electron chi connectivity index (χ4n) is 3.47. The molecule has 1 heterocycles. The molecule has 3 amide bonds. The van der Waals surface area contributed by atoms with E-state index in [-0.39, 0.29) is 23.5 Å². The molecule has 0 aromatic heterocycles. The van der Waals surface area contributed by atoms with E-state index in [1.54, 1.807) is 6.92 Å². The Morgan fingerprint density at radius 1 is 1.10 bits per heavy atom. The van der Waals surface area contributed by atoms with E-state index < -0.39 is 42.0 Å². The summed E-state index contributed by atoms with van der Waals surface area (Å²) in [6.45, 7) is 7.73. The second kappa shape index (κ2) is 12.1. The van der Waals surface area contributed by atoms with Crippen LogP contribution in [0.4, 0.5) is 0 Å². The number of thiol groups is 1. The molecule has 172 valence electrons. The number of likely N-dealkylation sites (tertiary alicyclic amines) is 1. The van der Waals surface area contributed by atoms with E-state index in [1.165, 1.54) is 4.90 Å². The Labute approximate surface area is 183 Å². The van der Waals surface area contributed by atoms with E-state index in [2.05, 4.69) is 23.3 Å². The van der Waals surface area contributed by atoms with Crippen molar-refractivity contribution in [2.24, 2.45) is 17.6 Å². The average molecular weight is 445 g/mol. The van der Waals surface area contributed by atoms with Gasteiger partial charge in [-0.3, -0.25) is 14.4 Å². The van der Waals surface area contributed by atoms with Gasteiger partial charge in [-0.25, -0.2) is 4.79 Å². The second-order valence-corrected chi connectivity index (χ2v) is 8.43. The standard InChI is InChI=1S/C20H36N4O5S/c1-5-11(3)15(18(26)23-16(20(28)29)12(4)6-2)22-17(25)14-8-7-9-24(14)19(27)13(21)10-30/h11-16,30H,5-10,21H2,1-4H3,(H,22,25)(H,23,26)(H,28,29). The van der Waals surface area contributed by atoms with Gasteiger partial charge in [-0.1, -0.05) is 40.5 Å². The van der Waals surface area contributed by atoms with Gasteiger partial charge in [0.2, 0.25) is 17.7 Å². The van der Waals surface area contributed by atoms with Crippen LogP contribution in [-0.4, -0.2) is 70.2 Å². The van der Waals surface area contributed by atoms with Crippen molar-refractivity contribution in [2.75, 3.05) is 12.3 Å². The number of nitrogens with zero attached hydrogens (tertiary/aromatic N) is 1. The quantitative estimate of drug-likeness (QED) is 0.292. The Morgan fingerprint density at radius 2 is 1.67 bits per heavy atom. The summed E-state index contributed by atoms with van der Waals surface area (Å²) in [4.78, 5) is 51.3. The van der Waals surface area contributed by atoms with Crippen molar-refractivity contribution < 1.29 is 24.3 Å². The molecule has 6 unspecified atom stereocenters. The lowest BCUT2D eigenvalue weighted by atomic mass is 9.95. The monoisotopic (exact) mass is 444 g/mol. The minimum Gasteiger partial charge on any atom is -0.480 e. The van der Waals surface area contributed by atoms with Crippen molar-refractivity contribution in [3.05, 3.63) is 0 Å². The Kier molecular flexibility index (Phi) is 10.6. The molecule has 1 saturated heterocycles. The van der Waals surface area contributed by atoms with E-state index in [0.717, 1.165) is 0 Å². The third-order valence-electron chi connectivity index (χ3n) is 5.92. The average Bonchev–Trinajstić information content (AvgIpc) is 3.22. The molecule has 5 N–H and O–H groups in total. The van der Waals surface area contributed by atoms with E-state index in [4.69, 9.17) is 5.73 Å². The van der Waals surface area contributed by atoms with Crippen LogP contribution in [0.1, 0.15) is 53.4 Å². The zero-order valence-corrected chi connectivity index (χ0v) is 19.2. The number of nitrogens with one attached hydrogen (secondary N) is 2. The van der Waals surface area contributed by atoms with Gasteiger partial charge < -0.3 is 26.4 Å². The van der Waals surface area contributed by atoms with Gasteiger partial charge in [0.25, 0.3) is 0 Å². The van der Waals surface area contributed by atoms with Crippen LogP contribution in [0.3, 0.4) is 0 Å². The van der Waals surface area contributed by atoms with E-state index in [1.807, 2.05) is 20.8 Å². The minimum atomic E-state index is -1.11. The van der Waals surface area contributed by atoms with E-state index in [0.29, 0.717) is 32.2 Å². The first kappa shape index (κ1) is 26.2. The number of nitrogens with two attached hydrogens (primary N) is 1. The molecule has 0 saturated carbocycles. The van der Waals surface area contributed by atoms with Crippen molar-refractivity contribution in [1.82, 2.24) is 15.5 Å². The summed E-state index contributed by atoms with van der Waals surface area (Å²) in [5.74, 6) is -2.71. The normalized spacial score (nSPS) is 21.3. The van der Waals surface area contributed by atoms with Crippen molar-refractivity contribution in [3.63, 3.8) is 0 Å². The molecule has 0 aliphatic carbocycles. The predicted octanol–water partition coefficient (Wildman–Crippen LogP) is 0.381. The van der Waals surface area contributed by atoms with Crippen LogP contribution < -0.4 is 16.4 Å². The molecule has 1 rings (SSSR count). The Balaban J connectivity index is 2.96. The number of hydrogen-bond donors (Lipinski definition) is 5. The lowest BCUT2D eigenvalue weighted by Gasteiger charge is -2.30. The van der Waals surface area contributed by atoms with E-state index in [9.17, 15) is 24.3 Å². The topological polar surface area (TPSA) is 142 Å². The van der Waals surface area contributed by atoms with Gasteiger partial charge in [0, 0.05) is 12.3 Å². The highest BCUT2D eigenvalue weighted by Crippen LogP contribution is 2.20. The van der Waals surface area contributed by atoms with Gasteiger partial charge in [-0.2, -0.15) is 12.6 Å². The number of amides is 3. The summed E-state index contributed by atoms with van der Waals surface area (Å²) >= 11 is 4.05. The number of rotatable bonds is 11. The van der Waals surface area contributed by atoms with Crippen molar-refractivity contribution in [1.29, 1.82) is 0 Å². The van der Waals surface area contributed by atoms with Crippen molar-refractivity contribution in [2.45, 2.75) is 77.5 Å². The first-order valence-corrected chi connectivity index (χ1v) is 11.2. The summed E-state index contributed by atoms with van der Waals surface area (Å²) in [5, 5.41) is 14.8.